The fourth-order valence-corrected chi connectivity index (χ4v) is 3.06. The minimum Gasteiger partial charge on any atom is -0.368 e. The van der Waals surface area contributed by atoms with E-state index in [0.717, 1.165) is 10.6 Å². The van der Waals surface area contributed by atoms with Crippen LogP contribution in [-0.4, -0.2) is 29.0 Å². The standard InChI is InChI=1S/C14H18ClN5S/c1-9(10-6-4-5-7-11(10)15)21-8-12-17-13(16)19-14(18-12)20(2)3/h4-7,9H,8H2,1-3H3,(H2,16,17,18,19)/t9-/m1/s1. The lowest BCUT2D eigenvalue weighted by Gasteiger charge is -2.14. The third-order valence-electron chi connectivity index (χ3n) is 2.89. The van der Waals surface area contributed by atoms with Gasteiger partial charge in [-0.25, -0.2) is 0 Å². The third-order valence-corrected chi connectivity index (χ3v) is 4.42. The maximum Gasteiger partial charge on any atom is 0.229 e. The van der Waals surface area contributed by atoms with Crippen molar-refractivity contribution in [1.29, 1.82) is 0 Å². The Balaban J connectivity index is 2.08. The molecule has 0 radical (unpaired) electrons. The van der Waals surface area contributed by atoms with Gasteiger partial charge in [-0.1, -0.05) is 29.8 Å². The molecule has 0 fully saturated rings. The molecule has 0 amide bonds. The molecule has 1 aromatic heterocycles. The number of nitrogens with two attached hydrogens (primary N) is 1. The molecule has 21 heavy (non-hydrogen) atoms. The summed E-state index contributed by atoms with van der Waals surface area (Å²) in [5.74, 6) is 2.15. The van der Waals surface area contributed by atoms with E-state index in [1.54, 1.807) is 11.8 Å². The number of nitrogen functional groups attached to an aromatic ring is 1. The van der Waals surface area contributed by atoms with Crippen molar-refractivity contribution in [2.45, 2.75) is 17.9 Å². The zero-order valence-electron chi connectivity index (χ0n) is 12.2. The van der Waals surface area contributed by atoms with Crippen molar-refractivity contribution in [2.75, 3.05) is 24.7 Å². The molecule has 0 unspecified atom stereocenters. The van der Waals surface area contributed by atoms with Crippen molar-refractivity contribution in [3.8, 4) is 0 Å². The Bertz CT molecular complexity index is 620. The van der Waals surface area contributed by atoms with Crippen LogP contribution in [0.15, 0.2) is 24.3 Å². The molecule has 2 N–H and O–H groups in total. The summed E-state index contributed by atoms with van der Waals surface area (Å²) in [6.45, 7) is 2.11. The Morgan fingerprint density at radius 2 is 1.95 bits per heavy atom. The Labute approximate surface area is 133 Å². The number of nitrogens with zero attached hydrogens (tertiary/aromatic N) is 4. The summed E-state index contributed by atoms with van der Waals surface area (Å²) in [5, 5.41) is 1.03. The second-order valence-electron chi connectivity index (χ2n) is 4.78. The van der Waals surface area contributed by atoms with Crippen LogP contribution < -0.4 is 10.6 Å². The molecule has 0 spiro atoms. The van der Waals surface area contributed by atoms with E-state index in [9.17, 15) is 0 Å². The van der Waals surface area contributed by atoms with Gasteiger partial charge in [-0.3, -0.25) is 0 Å². The lowest BCUT2D eigenvalue weighted by molar-refractivity contribution is 0.917. The van der Waals surface area contributed by atoms with Gasteiger partial charge in [-0.05, 0) is 18.6 Å². The second-order valence-corrected chi connectivity index (χ2v) is 6.52. The minimum absolute atomic E-state index is 0.245. The number of thioether (sulfide) groups is 1. The number of hydrogen-bond donors (Lipinski definition) is 1. The molecule has 0 saturated carbocycles. The average Bonchev–Trinajstić information content (AvgIpc) is 2.44. The van der Waals surface area contributed by atoms with Crippen molar-refractivity contribution in [3.05, 3.63) is 40.7 Å². The number of rotatable bonds is 5. The molecule has 7 heteroatoms. The van der Waals surface area contributed by atoms with Crippen molar-refractivity contribution < 1.29 is 0 Å². The molecule has 2 aromatic rings. The fourth-order valence-electron chi connectivity index (χ4n) is 1.78. The number of aromatic nitrogens is 3. The first-order valence-corrected chi connectivity index (χ1v) is 7.94. The van der Waals surface area contributed by atoms with Gasteiger partial charge in [0.25, 0.3) is 0 Å². The Morgan fingerprint density at radius 1 is 1.24 bits per heavy atom. The Morgan fingerprint density at radius 3 is 2.62 bits per heavy atom. The molecule has 0 bridgehead atoms. The van der Waals surface area contributed by atoms with Crippen LogP contribution in [0.5, 0.6) is 0 Å². The van der Waals surface area contributed by atoms with E-state index in [1.165, 1.54) is 0 Å². The molecule has 0 aliphatic rings. The predicted molar refractivity (Wildman–Crippen MR) is 89.7 cm³/mol. The van der Waals surface area contributed by atoms with E-state index in [1.807, 2.05) is 43.3 Å². The van der Waals surface area contributed by atoms with Gasteiger partial charge in [-0.2, -0.15) is 15.0 Å². The molecule has 1 heterocycles. The number of halogens is 1. The van der Waals surface area contributed by atoms with Gasteiger partial charge in [0.2, 0.25) is 11.9 Å². The van der Waals surface area contributed by atoms with Gasteiger partial charge in [0.05, 0.1) is 5.75 Å². The van der Waals surface area contributed by atoms with Crippen LogP contribution in [-0.2, 0) is 5.75 Å². The van der Waals surface area contributed by atoms with E-state index in [-0.39, 0.29) is 11.2 Å². The molecule has 1 atom stereocenters. The smallest absolute Gasteiger partial charge is 0.229 e. The maximum atomic E-state index is 6.21. The van der Waals surface area contributed by atoms with Crippen LogP contribution in [0.3, 0.4) is 0 Å². The van der Waals surface area contributed by atoms with Crippen molar-refractivity contribution in [3.63, 3.8) is 0 Å². The second kappa shape index (κ2) is 6.95. The molecule has 112 valence electrons. The molecule has 0 aliphatic carbocycles. The van der Waals surface area contributed by atoms with E-state index < -0.39 is 0 Å². The summed E-state index contributed by atoms with van der Waals surface area (Å²) in [6, 6.07) is 7.86. The van der Waals surface area contributed by atoms with E-state index >= 15 is 0 Å². The van der Waals surface area contributed by atoms with Crippen LogP contribution in [0.4, 0.5) is 11.9 Å². The molecular formula is C14H18ClN5S. The molecule has 5 nitrogen and oxygen atoms in total. The average molecular weight is 324 g/mol. The van der Waals surface area contributed by atoms with Gasteiger partial charge in [-0.15, -0.1) is 11.8 Å². The van der Waals surface area contributed by atoms with Crippen LogP contribution in [0.25, 0.3) is 0 Å². The van der Waals surface area contributed by atoms with Crippen molar-refractivity contribution in [1.82, 2.24) is 15.0 Å². The monoisotopic (exact) mass is 323 g/mol. The Hall–Kier alpha value is -1.53. The normalized spacial score (nSPS) is 12.2. The number of benzene rings is 1. The van der Waals surface area contributed by atoms with Crippen LogP contribution in [0, 0.1) is 0 Å². The predicted octanol–water partition coefficient (Wildman–Crippen LogP) is 3.17. The van der Waals surface area contributed by atoms with Crippen molar-refractivity contribution in [2.24, 2.45) is 0 Å². The van der Waals surface area contributed by atoms with E-state index in [4.69, 9.17) is 17.3 Å². The summed E-state index contributed by atoms with van der Waals surface area (Å²) in [4.78, 5) is 14.5. The van der Waals surface area contributed by atoms with E-state index in [0.29, 0.717) is 17.5 Å². The first-order valence-electron chi connectivity index (χ1n) is 6.51. The third kappa shape index (κ3) is 4.22. The van der Waals surface area contributed by atoms with Gasteiger partial charge < -0.3 is 10.6 Å². The van der Waals surface area contributed by atoms with E-state index in [2.05, 4.69) is 21.9 Å². The number of anilines is 2. The van der Waals surface area contributed by atoms with Crippen LogP contribution >= 0.6 is 23.4 Å². The zero-order chi connectivity index (χ0) is 15.4. The molecule has 0 saturated heterocycles. The topological polar surface area (TPSA) is 67.9 Å². The van der Waals surface area contributed by atoms with Gasteiger partial charge >= 0.3 is 0 Å². The largest absolute Gasteiger partial charge is 0.368 e. The lowest BCUT2D eigenvalue weighted by atomic mass is 10.2. The van der Waals surface area contributed by atoms with Crippen LogP contribution in [0.2, 0.25) is 5.02 Å². The van der Waals surface area contributed by atoms with Crippen molar-refractivity contribution >= 4 is 35.3 Å². The quantitative estimate of drug-likeness (QED) is 0.911. The molecular weight excluding hydrogens is 306 g/mol. The summed E-state index contributed by atoms with van der Waals surface area (Å²) in [6.07, 6.45) is 0. The van der Waals surface area contributed by atoms with Gasteiger partial charge in [0.15, 0.2) is 0 Å². The summed E-state index contributed by atoms with van der Waals surface area (Å²) < 4.78 is 0. The highest BCUT2D eigenvalue weighted by atomic mass is 35.5. The minimum atomic E-state index is 0.245. The fraction of sp³-hybridized carbons (Fsp3) is 0.357. The highest BCUT2D eigenvalue weighted by molar-refractivity contribution is 7.98. The first-order chi connectivity index (χ1) is 9.97. The SMILES string of the molecule is C[C@@H](SCc1nc(N)nc(N(C)C)n1)c1ccccc1Cl. The lowest BCUT2D eigenvalue weighted by Crippen LogP contribution is -2.16. The highest BCUT2D eigenvalue weighted by Crippen LogP contribution is 2.34. The molecule has 0 aliphatic heterocycles. The summed E-state index contributed by atoms with van der Waals surface area (Å²) in [7, 11) is 3.75. The highest BCUT2D eigenvalue weighted by Gasteiger charge is 2.12. The zero-order valence-corrected chi connectivity index (χ0v) is 13.8. The molecule has 1 aromatic carbocycles. The maximum absolute atomic E-state index is 6.21. The summed E-state index contributed by atoms with van der Waals surface area (Å²) in [5.41, 5.74) is 6.83. The number of hydrogen-bond acceptors (Lipinski definition) is 6. The Kier molecular flexibility index (Phi) is 5.25. The molecule has 2 rings (SSSR count). The summed E-state index contributed by atoms with van der Waals surface area (Å²) >= 11 is 7.93. The van der Waals surface area contributed by atoms with Crippen LogP contribution in [0.1, 0.15) is 23.6 Å². The van der Waals surface area contributed by atoms with Gasteiger partial charge in [0.1, 0.15) is 5.82 Å². The van der Waals surface area contributed by atoms with Gasteiger partial charge in [0, 0.05) is 24.4 Å². The first kappa shape index (κ1) is 15.9.